The number of carbonyl (C=O) groups excluding carboxylic acids is 1. The summed E-state index contributed by atoms with van der Waals surface area (Å²) in [5.74, 6) is -0.291. The molecule has 1 aromatic rings. The molecule has 0 aliphatic carbocycles. The van der Waals surface area contributed by atoms with Gasteiger partial charge in [-0.25, -0.2) is 0 Å². The van der Waals surface area contributed by atoms with Crippen LogP contribution >= 0.6 is 0 Å². The summed E-state index contributed by atoms with van der Waals surface area (Å²) < 4.78 is 43.0. The quantitative estimate of drug-likeness (QED) is 0.872. The molecule has 0 unspecified atom stereocenters. The minimum atomic E-state index is -4.42. The molecule has 1 aliphatic heterocycles. The lowest BCUT2D eigenvalue weighted by molar-refractivity contribution is -0.137. The molecule has 1 aliphatic rings. The Hall–Kier alpha value is -1.60. The largest absolute Gasteiger partial charge is 0.416 e. The molecule has 0 bridgehead atoms. The van der Waals surface area contributed by atoms with Gasteiger partial charge in [0.25, 0.3) is 0 Å². The first kappa shape index (κ1) is 17.7. The molecule has 1 aromatic carbocycles. The summed E-state index contributed by atoms with van der Waals surface area (Å²) in [5.41, 5.74) is -0.442. The number of hydrogen-bond donors (Lipinski definition) is 2. The number of rotatable bonds is 5. The van der Waals surface area contributed by atoms with E-state index in [1.807, 2.05) is 0 Å². The average Bonchev–Trinajstić information content (AvgIpc) is 3.05. The van der Waals surface area contributed by atoms with Gasteiger partial charge in [-0.2, -0.15) is 13.2 Å². The van der Waals surface area contributed by atoms with Gasteiger partial charge in [-0.05, 0) is 37.0 Å². The van der Waals surface area contributed by atoms with Gasteiger partial charge in [0.05, 0.1) is 17.7 Å². The average molecular weight is 331 g/mol. The number of aliphatic hydroxyl groups is 1. The molecule has 2 N–H and O–H groups in total. The number of benzene rings is 1. The van der Waals surface area contributed by atoms with Crippen molar-refractivity contribution < 1.29 is 27.8 Å². The molecular weight excluding hydrogens is 311 g/mol. The van der Waals surface area contributed by atoms with Crippen molar-refractivity contribution in [1.29, 1.82) is 0 Å². The van der Waals surface area contributed by atoms with Gasteiger partial charge in [-0.3, -0.25) is 4.79 Å². The van der Waals surface area contributed by atoms with Crippen molar-refractivity contribution in [2.75, 3.05) is 6.61 Å². The highest BCUT2D eigenvalue weighted by molar-refractivity contribution is 5.81. The van der Waals surface area contributed by atoms with Crippen LogP contribution in [-0.2, 0) is 15.7 Å². The second kappa shape index (κ2) is 7.31. The zero-order valence-corrected chi connectivity index (χ0v) is 12.8. The van der Waals surface area contributed by atoms with Gasteiger partial charge in [-0.1, -0.05) is 19.1 Å². The molecule has 1 fully saturated rings. The van der Waals surface area contributed by atoms with Gasteiger partial charge >= 0.3 is 6.18 Å². The number of amides is 1. The van der Waals surface area contributed by atoms with Crippen molar-refractivity contribution in [1.82, 2.24) is 5.32 Å². The monoisotopic (exact) mass is 331 g/mol. The fourth-order valence-corrected chi connectivity index (χ4v) is 2.57. The van der Waals surface area contributed by atoms with E-state index < -0.39 is 30.0 Å². The van der Waals surface area contributed by atoms with E-state index in [0.717, 1.165) is 18.6 Å². The number of hydrogen-bond acceptors (Lipinski definition) is 3. The first-order valence-electron chi connectivity index (χ1n) is 7.60. The zero-order valence-electron chi connectivity index (χ0n) is 12.8. The summed E-state index contributed by atoms with van der Waals surface area (Å²) in [4.78, 5) is 12.0. The molecule has 4 nitrogen and oxygen atoms in total. The number of alkyl halides is 3. The normalized spacial score (nSPS) is 21.0. The summed E-state index contributed by atoms with van der Waals surface area (Å²) in [6, 6.07) is 3.73. The summed E-state index contributed by atoms with van der Waals surface area (Å²) in [6.45, 7) is 2.32. The Balaban J connectivity index is 2.03. The molecule has 0 aromatic heterocycles. The molecular formula is C16H20F3NO3. The molecule has 1 heterocycles. The van der Waals surface area contributed by atoms with E-state index in [-0.39, 0.29) is 5.91 Å². The smallest absolute Gasteiger partial charge is 0.386 e. The Morgan fingerprint density at radius 3 is 2.52 bits per heavy atom. The van der Waals surface area contributed by atoms with E-state index in [1.54, 1.807) is 6.92 Å². The summed E-state index contributed by atoms with van der Waals surface area (Å²) in [6.07, 6.45) is -4.10. The number of halogens is 3. The van der Waals surface area contributed by atoms with E-state index in [2.05, 4.69) is 5.32 Å². The Bertz CT molecular complexity index is 524. The molecule has 0 spiro atoms. The van der Waals surface area contributed by atoms with Crippen LogP contribution in [0, 0.1) is 0 Å². The maximum Gasteiger partial charge on any atom is 0.416 e. The second-order valence-electron chi connectivity index (χ2n) is 5.59. The van der Waals surface area contributed by atoms with E-state index in [0.29, 0.717) is 25.0 Å². The van der Waals surface area contributed by atoms with E-state index in [1.165, 1.54) is 12.1 Å². The van der Waals surface area contributed by atoms with Crippen molar-refractivity contribution >= 4 is 5.91 Å². The minimum absolute atomic E-state index is 0.291. The Labute approximate surface area is 132 Å². The molecule has 128 valence electrons. The SMILES string of the molecule is CC[C@H](NC(=O)[C@H]1CCCO1)[C@H](O)c1ccc(C(F)(F)F)cc1. The summed E-state index contributed by atoms with van der Waals surface area (Å²) in [7, 11) is 0. The fraction of sp³-hybridized carbons (Fsp3) is 0.562. The fourth-order valence-electron chi connectivity index (χ4n) is 2.57. The Morgan fingerprint density at radius 1 is 1.39 bits per heavy atom. The van der Waals surface area contributed by atoms with Crippen LogP contribution in [0.5, 0.6) is 0 Å². The summed E-state index contributed by atoms with van der Waals surface area (Å²) >= 11 is 0. The highest BCUT2D eigenvalue weighted by atomic mass is 19.4. The number of carbonyl (C=O) groups is 1. The number of ether oxygens (including phenoxy) is 1. The molecule has 3 atom stereocenters. The first-order chi connectivity index (χ1) is 10.8. The molecule has 2 rings (SSSR count). The topological polar surface area (TPSA) is 58.6 Å². The van der Waals surface area contributed by atoms with Gasteiger partial charge in [0.2, 0.25) is 5.91 Å². The van der Waals surface area contributed by atoms with Gasteiger partial charge < -0.3 is 15.2 Å². The van der Waals surface area contributed by atoms with Gasteiger partial charge in [-0.15, -0.1) is 0 Å². The van der Waals surface area contributed by atoms with Gasteiger partial charge in [0.1, 0.15) is 6.10 Å². The van der Waals surface area contributed by atoms with Gasteiger partial charge in [0, 0.05) is 6.61 Å². The minimum Gasteiger partial charge on any atom is -0.386 e. The number of nitrogens with one attached hydrogen (secondary N) is 1. The van der Waals surface area contributed by atoms with E-state index >= 15 is 0 Å². The highest BCUT2D eigenvalue weighted by Crippen LogP contribution is 2.30. The lowest BCUT2D eigenvalue weighted by Gasteiger charge is -2.25. The molecule has 1 saturated heterocycles. The third kappa shape index (κ3) is 4.45. The van der Waals surface area contributed by atoms with Crippen LogP contribution in [0.1, 0.15) is 43.4 Å². The standard InChI is InChI=1S/C16H20F3NO3/c1-2-12(20-15(22)13-4-3-9-23-13)14(21)10-5-7-11(8-6-10)16(17,18)19/h5-8,12-14,21H,2-4,9H2,1H3,(H,20,22)/t12-,13+,14+/m0/s1. The number of aliphatic hydroxyl groups excluding tert-OH is 1. The summed E-state index contributed by atoms with van der Waals surface area (Å²) in [5, 5.41) is 13.0. The molecule has 7 heteroatoms. The van der Waals surface area contributed by atoms with Crippen molar-refractivity contribution in [2.24, 2.45) is 0 Å². The van der Waals surface area contributed by atoms with E-state index in [4.69, 9.17) is 4.74 Å². The van der Waals surface area contributed by atoms with Crippen LogP contribution in [0.15, 0.2) is 24.3 Å². The van der Waals surface area contributed by atoms with Crippen LogP contribution in [-0.4, -0.2) is 29.8 Å². The third-order valence-corrected chi connectivity index (χ3v) is 3.95. The van der Waals surface area contributed by atoms with Crippen LogP contribution < -0.4 is 5.32 Å². The van der Waals surface area contributed by atoms with Crippen LogP contribution in [0.3, 0.4) is 0 Å². The lowest BCUT2D eigenvalue weighted by atomic mass is 9.98. The Morgan fingerprint density at radius 2 is 2.04 bits per heavy atom. The van der Waals surface area contributed by atoms with Crippen molar-refractivity contribution in [3.8, 4) is 0 Å². The van der Waals surface area contributed by atoms with Crippen molar-refractivity contribution in [2.45, 2.75) is 50.6 Å². The van der Waals surface area contributed by atoms with Gasteiger partial charge in [0.15, 0.2) is 0 Å². The predicted molar refractivity (Wildman–Crippen MR) is 77.6 cm³/mol. The Kier molecular flexibility index (Phi) is 5.64. The molecule has 1 amide bonds. The third-order valence-electron chi connectivity index (χ3n) is 3.95. The van der Waals surface area contributed by atoms with Crippen LogP contribution in [0.4, 0.5) is 13.2 Å². The van der Waals surface area contributed by atoms with Crippen molar-refractivity contribution in [3.05, 3.63) is 35.4 Å². The molecule has 0 saturated carbocycles. The van der Waals surface area contributed by atoms with E-state index in [9.17, 15) is 23.1 Å². The van der Waals surface area contributed by atoms with Crippen LogP contribution in [0.2, 0.25) is 0 Å². The zero-order chi connectivity index (χ0) is 17.0. The maximum absolute atomic E-state index is 12.6. The highest BCUT2D eigenvalue weighted by Gasteiger charge is 2.31. The predicted octanol–water partition coefficient (Wildman–Crippen LogP) is 2.81. The van der Waals surface area contributed by atoms with Crippen LogP contribution in [0.25, 0.3) is 0 Å². The maximum atomic E-state index is 12.6. The molecule has 0 radical (unpaired) electrons. The second-order valence-corrected chi connectivity index (χ2v) is 5.59. The van der Waals surface area contributed by atoms with Crippen molar-refractivity contribution in [3.63, 3.8) is 0 Å². The lowest BCUT2D eigenvalue weighted by Crippen LogP contribution is -2.43. The molecule has 23 heavy (non-hydrogen) atoms. The first-order valence-corrected chi connectivity index (χ1v) is 7.60.